The summed E-state index contributed by atoms with van der Waals surface area (Å²) in [7, 11) is 0. The molecule has 0 atom stereocenters. The summed E-state index contributed by atoms with van der Waals surface area (Å²) < 4.78 is 6.99. The lowest BCUT2D eigenvalue weighted by Gasteiger charge is -2.16. The fourth-order valence-corrected chi connectivity index (χ4v) is 8.25. The molecule has 47 heavy (non-hydrogen) atoms. The Morgan fingerprint density at radius 3 is 1.70 bits per heavy atom. The standard InChI is InChI=1S/C46H26O/c1-2-9-31-26-42-41(24-30(31)8-1)45-38(36-20-18-29-17-16-27-11-7-12-28-19-21-37(36)44(29)43(27)28)22-23-39(46(45)47-42)40-25-32-10-3-4-13-33(32)34-14-5-6-15-35(34)40/h1-26H. The van der Waals surface area contributed by atoms with Crippen LogP contribution in [0.4, 0.5) is 0 Å². The lowest BCUT2D eigenvalue weighted by Crippen LogP contribution is -1.89. The van der Waals surface area contributed by atoms with Crippen LogP contribution in [0, 0.1) is 0 Å². The zero-order valence-electron chi connectivity index (χ0n) is 25.4. The molecule has 0 N–H and O–H groups in total. The second-order valence-electron chi connectivity index (χ2n) is 12.8. The topological polar surface area (TPSA) is 13.1 Å². The van der Waals surface area contributed by atoms with Gasteiger partial charge in [0.2, 0.25) is 0 Å². The molecule has 0 spiro atoms. The summed E-state index contributed by atoms with van der Waals surface area (Å²) in [6.07, 6.45) is 0. The summed E-state index contributed by atoms with van der Waals surface area (Å²) in [5, 5.41) is 17.4. The maximum atomic E-state index is 6.99. The predicted molar refractivity (Wildman–Crippen MR) is 201 cm³/mol. The van der Waals surface area contributed by atoms with Gasteiger partial charge in [-0.2, -0.15) is 0 Å². The Balaban J connectivity index is 1.30. The minimum Gasteiger partial charge on any atom is -0.455 e. The molecule has 216 valence electrons. The molecule has 0 aliphatic heterocycles. The van der Waals surface area contributed by atoms with E-state index in [1.54, 1.807) is 0 Å². The minimum atomic E-state index is 0.912. The maximum Gasteiger partial charge on any atom is 0.143 e. The van der Waals surface area contributed by atoms with Crippen molar-refractivity contribution in [3.63, 3.8) is 0 Å². The van der Waals surface area contributed by atoms with Crippen LogP contribution in [-0.4, -0.2) is 0 Å². The van der Waals surface area contributed by atoms with Gasteiger partial charge in [-0.3, -0.25) is 0 Å². The van der Waals surface area contributed by atoms with Crippen LogP contribution in [0.15, 0.2) is 162 Å². The van der Waals surface area contributed by atoms with E-state index in [0.29, 0.717) is 0 Å². The summed E-state index contributed by atoms with van der Waals surface area (Å²) in [4.78, 5) is 0. The Bertz CT molecular complexity index is 3050. The molecule has 1 heterocycles. The van der Waals surface area contributed by atoms with Crippen molar-refractivity contribution in [2.75, 3.05) is 0 Å². The normalized spacial score (nSPS) is 12.3. The van der Waals surface area contributed by atoms with Gasteiger partial charge in [0.25, 0.3) is 0 Å². The summed E-state index contributed by atoms with van der Waals surface area (Å²) in [5.74, 6) is 0. The lowest BCUT2D eigenvalue weighted by atomic mass is 9.87. The molecule has 0 bridgehead atoms. The fraction of sp³-hybridized carbons (Fsp3) is 0. The largest absolute Gasteiger partial charge is 0.455 e. The van der Waals surface area contributed by atoms with Gasteiger partial charge >= 0.3 is 0 Å². The molecular weight excluding hydrogens is 569 g/mol. The number of hydrogen-bond donors (Lipinski definition) is 0. The zero-order chi connectivity index (χ0) is 30.6. The van der Waals surface area contributed by atoms with Crippen LogP contribution in [0.3, 0.4) is 0 Å². The molecule has 0 unspecified atom stereocenters. The molecule has 11 aromatic rings. The number of rotatable bonds is 2. The Labute approximate surface area is 270 Å². The third kappa shape index (κ3) is 3.43. The van der Waals surface area contributed by atoms with E-state index in [2.05, 4.69) is 158 Å². The Hall–Kier alpha value is -6.18. The molecule has 0 fully saturated rings. The maximum absolute atomic E-state index is 6.99. The number of hydrogen-bond acceptors (Lipinski definition) is 1. The number of furan rings is 1. The van der Waals surface area contributed by atoms with Gasteiger partial charge in [0.05, 0.1) is 0 Å². The highest BCUT2D eigenvalue weighted by Gasteiger charge is 2.21. The second kappa shape index (κ2) is 9.19. The highest BCUT2D eigenvalue weighted by atomic mass is 16.3. The van der Waals surface area contributed by atoms with Crippen LogP contribution in [0.1, 0.15) is 0 Å². The molecular formula is C46H26O. The predicted octanol–water partition coefficient (Wildman–Crippen LogP) is 13.3. The molecule has 1 aromatic heterocycles. The van der Waals surface area contributed by atoms with E-state index < -0.39 is 0 Å². The highest BCUT2D eigenvalue weighted by molar-refractivity contribution is 6.28. The smallest absolute Gasteiger partial charge is 0.143 e. The van der Waals surface area contributed by atoms with Crippen molar-refractivity contribution in [1.29, 1.82) is 0 Å². The third-order valence-electron chi connectivity index (χ3n) is 10.4. The first kappa shape index (κ1) is 25.1. The van der Waals surface area contributed by atoms with Gasteiger partial charge in [-0.1, -0.05) is 133 Å². The number of benzene rings is 10. The van der Waals surface area contributed by atoms with Crippen LogP contribution in [0.25, 0.3) is 109 Å². The van der Waals surface area contributed by atoms with Gasteiger partial charge in [0.1, 0.15) is 11.2 Å². The molecule has 0 aliphatic carbocycles. The van der Waals surface area contributed by atoms with E-state index in [9.17, 15) is 0 Å². The summed E-state index contributed by atoms with van der Waals surface area (Å²) in [5.41, 5.74) is 6.57. The average molecular weight is 595 g/mol. The first-order valence-corrected chi connectivity index (χ1v) is 16.3. The van der Waals surface area contributed by atoms with E-state index in [-0.39, 0.29) is 0 Å². The molecule has 0 radical (unpaired) electrons. The van der Waals surface area contributed by atoms with Gasteiger partial charge < -0.3 is 4.42 Å². The van der Waals surface area contributed by atoms with Gasteiger partial charge in [-0.15, -0.1) is 0 Å². The molecule has 0 amide bonds. The van der Waals surface area contributed by atoms with E-state index in [1.807, 2.05) is 0 Å². The highest BCUT2D eigenvalue weighted by Crippen LogP contribution is 2.47. The summed E-state index contributed by atoms with van der Waals surface area (Å²) >= 11 is 0. The zero-order valence-corrected chi connectivity index (χ0v) is 25.4. The molecule has 0 saturated heterocycles. The molecule has 11 rings (SSSR count). The molecule has 1 nitrogen and oxygen atoms in total. The van der Waals surface area contributed by atoms with Crippen molar-refractivity contribution in [2.24, 2.45) is 0 Å². The van der Waals surface area contributed by atoms with E-state index in [1.165, 1.54) is 81.3 Å². The van der Waals surface area contributed by atoms with Crippen molar-refractivity contribution >= 4 is 86.6 Å². The van der Waals surface area contributed by atoms with Crippen LogP contribution in [0.5, 0.6) is 0 Å². The van der Waals surface area contributed by atoms with Gasteiger partial charge in [-0.05, 0) is 106 Å². The Kier molecular flexibility index (Phi) is 4.90. The minimum absolute atomic E-state index is 0.912. The van der Waals surface area contributed by atoms with Gasteiger partial charge in [0.15, 0.2) is 0 Å². The van der Waals surface area contributed by atoms with Gasteiger partial charge in [-0.25, -0.2) is 0 Å². The van der Waals surface area contributed by atoms with Crippen molar-refractivity contribution in [2.45, 2.75) is 0 Å². The van der Waals surface area contributed by atoms with Crippen molar-refractivity contribution in [3.05, 3.63) is 158 Å². The molecule has 0 aliphatic rings. The third-order valence-corrected chi connectivity index (χ3v) is 10.4. The monoisotopic (exact) mass is 594 g/mol. The van der Waals surface area contributed by atoms with Crippen LogP contribution in [-0.2, 0) is 0 Å². The average Bonchev–Trinajstić information content (AvgIpc) is 3.50. The molecule has 10 aromatic carbocycles. The van der Waals surface area contributed by atoms with Crippen LogP contribution in [0.2, 0.25) is 0 Å². The van der Waals surface area contributed by atoms with Crippen LogP contribution >= 0.6 is 0 Å². The lowest BCUT2D eigenvalue weighted by molar-refractivity contribution is 0.670. The second-order valence-corrected chi connectivity index (χ2v) is 12.8. The number of fused-ring (bicyclic) bond motifs is 7. The quantitative estimate of drug-likeness (QED) is 0.182. The van der Waals surface area contributed by atoms with Crippen molar-refractivity contribution in [3.8, 4) is 22.3 Å². The molecule has 1 heteroatoms. The molecule has 0 saturated carbocycles. The Morgan fingerprint density at radius 1 is 0.277 bits per heavy atom. The Morgan fingerprint density at radius 2 is 0.872 bits per heavy atom. The van der Waals surface area contributed by atoms with Crippen molar-refractivity contribution < 1.29 is 4.42 Å². The van der Waals surface area contributed by atoms with Gasteiger partial charge in [0, 0.05) is 16.3 Å². The van der Waals surface area contributed by atoms with Crippen molar-refractivity contribution in [1.82, 2.24) is 0 Å². The fourth-order valence-electron chi connectivity index (χ4n) is 8.25. The SMILES string of the molecule is c1ccc2cc3c(cc2c1)oc1c(-c2cc4ccccc4c4ccccc24)ccc(-c2ccc4ccc5cccc6ccc2c4c56)c13. The first-order valence-electron chi connectivity index (χ1n) is 16.3. The summed E-state index contributed by atoms with van der Waals surface area (Å²) in [6, 6.07) is 57.8. The van der Waals surface area contributed by atoms with E-state index in [4.69, 9.17) is 4.42 Å². The van der Waals surface area contributed by atoms with E-state index >= 15 is 0 Å². The van der Waals surface area contributed by atoms with Crippen LogP contribution < -0.4 is 0 Å². The summed E-state index contributed by atoms with van der Waals surface area (Å²) in [6.45, 7) is 0. The first-order chi connectivity index (χ1) is 23.3. The van der Waals surface area contributed by atoms with E-state index in [0.717, 1.165) is 27.5 Å².